The van der Waals surface area contributed by atoms with Crippen molar-refractivity contribution in [1.29, 1.82) is 0 Å². The molecule has 0 heterocycles. The van der Waals surface area contributed by atoms with E-state index in [2.05, 4.69) is 0 Å². The van der Waals surface area contributed by atoms with Crippen molar-refractivity contribution in [2.75, 3.05) is 0 Å². The summed E-state index contributed by atoms with van der Waals surface area (Å²) in [6.07, 6.45) is 0.119. The third-order valence-corrected chi connectivity index (χ3v) is 2.12. The van der Waals surface area contributed by atoms with Crippen LogP contribution in [-0.2, 0) is 0 Å². The molecule has 72 valence electrons. The third-order valence-electron chi connectivity index (χ3n) is 2.12. The van der Waals surface area contributed by atoms with Gasteiger partial charge in [0.25, 0.3) is 0 Å². The van der Waals surface area contributed by atoms with Gasteiger partial charge in [-0.3, -0.25) is 0 Å². The molecule has 0 radical (unpaired) electrons. The molecule has 1 rings (SSSR count). The standard InChI is InChI=1S/C9H11BF3.K/c1-2-9(10(11,12)13)8-6-4-3-5-7-8;/h3-7,9H,2H2,1H3;/q-1;+1/t9-;/m1./s1. The van der Waals surface area contributed by atoms with Gasteiger partial charge in [0.15, 0.2) is 0 Å². The number of benzene rings is 1. The summed E-state index contributed by atoms with van der Waals surface area (Å²) in [7, 11) is 0. The Hall–Kier alpha value is 0.711. The second kappa shape index (κ2) is 6.33. The van der Waals surface area contributed by atoms with Gasteiger partial charge >= 0.3 is 58.4 Å². The first-order valence-corrected chi connectivity index (χ1v) is 4.30. The Balaban J connectivity index is 0.00000169. The van der Waals surface area contributed by atoms with Gasteiger partial charge in [-0.15, -0.1) is 0 Å². The van der Waals surface area contributed by atoms with E-state index in [0.29, 0.717) is 5.56 Å². The molecule has 0 N–H and O–H groups in total. The molecular formula is C9H11BF3K. The molecule has 1 aromatic rings. The maximum absolute atomic E-state index is 12.5. The zero-order valence-electron chi connectivity index (χ0n) is 8.38. The van der Waals surface area contributed by atoms with Crippen molar-refractivity contribution in [3.63, 3.8) is 0 Å². The zero-order valence-corrected chi connectivity index (χ0v) is 11.5. The van der Waals surface area contributed by atoms with Gasteiger partial charge in [-0.05, 0) is 5.82 Å². The predicted molar refractivity (Wildman–Crippen MR) is 48.6 cm³/mol. The third kappa shape index (κ3) is 4.06. The molecule has 0 aliphatic rings. The second-order valence-corrected chi connectivity index (χ2v) is 3.05. The van der Waals surface area contributed by atoms with Crippen molar-refractivity contribution in [3.05, 3.63) is 35.9 Å². The van der Waals surface area contributed by atoms with Crippen molar-refractivity contribution in [3.8, 4) is 0 Å². The van der Waals surface area contributed by atoms with E-state index in [9.17, 15) is 12.9 Å². The van der Waals surface area contributed by atoms with Gasteiger partial charge in [0.2, 0.25) is 0 Å². The molecule has 0 bridgehead atoms. The Morgan fingerprint density at radius 2 is 1.64 bits per heavy atom. The fourth-order valence-corrected chi connectivity index (χ4v) is 1.42. The van der Waals surface area contributed by atoms with Crippen LogP contribution in [0.25, 0.3) is 0 Å². The van der Waals surface area contributed by atoms with E-state index in [4.69, 9.17) is 0 Å². The molecule has 0 fully saturated rings. The second-order valence-electron chi connectivity index (χ2n) is 3.05. The van der Waals surface area contributed by atoms with Crippen LogP contribution in [0.15, 0.2) is 30.3 Å². The molecule has 0 unspecified atom stereocenters. The van der Waals surface area contributed by atoms with Crippen LogP contribution in [0.4, 0.5) is 12.9 Å². The van der Waals surface area contributed by atoms with Gasteiger partial charge in [-0.1, -0.05) is 49.2 Å². The van der Waals surface area contributed by atoms with Crippen LogP contribution < -0.4 is 51.4 Å². The van der Waals surface area contributed by atoms with Gasteiger partial charge in [0.1, 0.15) is 0 Å². The van der Waals surface area contributed by atoms with Crippen LogP contribution in [0.1, 0.15) is 24.7 Å². The Labute approximate surface area is 125 Å². The number of halogens is 3. The summed E-state index contributed by atoms with van der Waals surface area (Å²) in [5, 5.41) is 0. The minimum atomic E-state index is -4.76. The topological polar surface area (TPSA) is 0 Å². The van der Waals surface area contributed by atoms with Gasteiger partial charge in [-0.2, -0.15) is 0 Å². The predicted octanol–water partition coefficient (Wildman–Crippen LogP) is 0.571. The monoisotopic (exact) mass is 226 g/mol. The molecule has 14 heavy (non-hydrogen) atoms. The van der Waals surface area contributed by atoms with E-state index >= 15 is 0 Å². The summed E-state index contributed by atoms with van der Waals surface area (Å²) in [4.78, 5) is 0. The quantitative estimate of drug-likeness (QED) is 0.661. The van der Waals surface area contributed by atoms with Gasteiger partial charge in [-0.25, -0.2) is 0 Å². The molecule has 5 heteroatoms. The van der Waals surface area contributed by atoms with Crippen LogP contribution in [0.3, 0.4) is 0 Å². The van der Waals surface area contributed by atoms with E-state index in [1.807, 2.05) is 0 Å². The summed E-state index contributed by atoms with van der Waals surface area (Å²) >= 11 is 0. The Morgan fingerprint density at radius 3 is 2.00 bits per heavy atom. The van der Waals surface area contributed by atoms with Crippen LogP contribution >= 0.6 is 0 Å². The van der Waals surface area contributed by atoms with Crippen LogP contribution in [0.5, 0.6) is 0 Å². The fraction of sp³-hybridized carbons (Fsp3) is 0.333. The Kier molecular flexibility index (Phi) is 6.65. The molecular weight excluding hydrogens is 215 g/mol. The van der Waals surface area contributed by atoms with E-state index in [1.54, 1.807) is 25.1 Å². The maximum Gasteiger partial charge on any atom is 1.00 e. The van der Waals surface area contributed by atoms with E-state index < -0.39 is 12.8 Å². The SMILES string of the molecule is CC[C@H](c1ccccc1)[B-](F)(F)F.[K+]. The molecule has 0 spiro atoms. The van der Waals surface area contributed by atoms with Gasteiger partial charge in [0.05, 0.1) is 0 Å². The van der Waals surface area contributed by atoms with Gasteiger partial charge < -0.3 is 12.9 Å². The fourth-order valence-electron chi connectivity index (χ4n) is 1.42. The minimum absolute atomic E-state index is 0. The van der Waals surface area contributed by atoms with E-state index in [0.717, 1.165) is 0 Å². The number of rotatable bonds is 3. The van der Waals surface area contributed by atoms with Crippen LogP contribution in [0, 0.1) is 0 Å². The first-order valence-electron chi connectivity index (χ1n) is 4.30. The smallest absolute Gasteiger partial charge is 0.448 e. The molecule has 0 aliphatic carbocycles. The average molecular weight is 226 g/mol. The summed E-state index contributed by atoms with van der Waals surface area (Å²) in [5.41, 5.74) is 0.373. The van der Waals surface area contributed by atoms with Crippen molar-refractivity contribution >= 4 is 6.98 Å². The molecule has 1 aromatic carbocycles. The van der Waals surface area contributed by atoms with Crippen molar-refractivity contribution in [1.82, 2.24) is 0 Å². The van der Waals surface area contributed by atoms with Crippen molar-refractivity contribution in [2.45, 2.75) is 19.2 Å². The number of hydrogen-bond acceptors (Lipinski definition) is 0. The van der Waals surface area contributed by atoms with Crippen LogP contribution in [0.2, 0.25) is 0 Å². The Morgan fingerprint density at radius 1 is 1.14 bits per heavy atom. The maximum atomic E-state index is 12.5. The first kappa shape index (κ1) is 14.7. The summed E-state index contributed by atoms with van der Waals surface area (Å²) in [6.45, 7) is -3.20. The summed E-state index contributed by atoms with van der Waals surface area (Å²) in [6, 6.07) is 8.06. The zero-order chi connectivity index (χ0) is 9.90. The summed E-state index contributed by atoms with van der Waals surface area (Å²) < 4.78 is 37.4. The molecule has 0 amide bonds. The molecule has 0 nitrogen and oxygen atoms in total. The first-order chi connectivity index (χ1) is 6.05. The number of hydrogen-bond donors (Lipinski definition) is 0. The minimum Gasteiger partial charge on any atom is -0.448 e. The molecule has 0 aliphatic heterocycles. The van der Waals surface area contributed by atoms with Crippen LogP contribution in [-0.4, -0.2) is 6.98 Å². The normalized spacial score (nSPS) is 13.1. The molecule has 0 saturated carbocycles. The summed E-state index contributed by atoms with van der Waals surface area (Å²) in [5.74, 6) is -1.26. The van der Waals surface area contributed by atoms with Crippen molar-refractivity contribution < 1.29 is 64.3 Å². The van der Waals surface area contributed by atoms with E-state index in [1.165, 1.54) is 12.1 Å². The Bertz CT molecular complexity index is 261. The van der Waals surface area contributed by atoms with Gasteiger partial charge in [0, 0.05) is 0 Å². The average Bonchev–Trinajstić information content (AvgIpc) is 2.05. The largest absolute Gasteiger partial charge is 1.00 e. The van der Waals surface area contributed by atoms with E-state index in [-0.39, 0.29) is 57.8 Å². The molecule has 0 saturated heterocycles. The molecule has 0 aromatic heterocycles. The molecule has 1 atom stereocenters. The van der Waals surface area contributed by atoms with Crippen molar-refractivity contribution in [2.24, 2.45) is 0 Å².